The monoisotopic (exact) mass is 353 g/mol. The Kier molecular flexibility index (Phi) is 5.49. The van der Waals surface area contributed by atoms with E-state index in [1.807, 2.05) is 31.2 Å². The first-order valence-corrected chi connectivity index (χ1v) is 8.33. The van der Waals surface area contributed by atoms with E-state index in [4.69, 9.17) is 0 Å². The van der Waals surface area contributed by atoms with Gasteiger partial charge >= 0.3 is 0 Å². The van der Waals surface area contributed by atoms with Crippen molar-refractivity contribution in [1.82, 2.24) is 0 Å². The van der Waals surface area contributed by atoms with Crippen molar-refractivity contribution < 1.29 is 4.39 Å². The fourth-order valence-corrected chi connectivity index (χ4v) is 3.17. The van der Waals surface area contributed by atoms with Crippen LogP contribution in [0.1, 0.15) is 25.5 Å². The standard InChI is InChI=1S/C16H17BrFNS/c1-3-20-16-7-5-4-6-15(16)19-11(2)13-10-12(17)8-9-14(13)18/h4-11,19H,3H2,1-2H3. The summed E-state index contributed by atoms with van der Waals surface area (Å²) in [7, 11) is 0. The van der Waals surface area contributed by atoms with E-state index in [2.05, 4.69) is 34.2 Å². The summed E-state index contributed by atoms with van der Waals surface area (Å²) in [4.78, 5) is 1.19. The average molecular weight is 354 g/mol. The number of thioether (sulfide) groups is 1. The lowest BCUT2D eigenvalue weighted by atomic mass is 10.1. The van der Waals surface area contributed by atoms with Gasteiger partial charge in [-0.05, 0) is 43.0 Å². The second-order valence-corrected chi connectivity index (χ2v) is 6.68. The molecule has 4 heteroatoms. The van der Waals surface area contributed by atoms with Crippen molar-refractivity contribution in [2.75, 3.05) is 11.1 Å². The van der Waals surface area contributed by atoms with E-state index in [1.54, 1.807) is 17.8 Å². The van der Waals surface area contributed by atoms with Gasteiger partial charge in [-0.3, -0.25) is 0 Å². The molecule has 1 N–H and O–H groups in total. The van der Waals surface area contributed by atoms with Crippen LogP contribution in [0.5, 0.6) is 0 Å². The van der Waals surface area contributed by atoms with Gasteiger partial charge in [0.1, 0.15) is 5.82 Å². The molecular formula is C16H17BrFNS. The molecule has 1 unspecified atom stereocenters. The highest BCUT2D eigenvalue weighted by atomic mass is 79.9. The molecule has 1 atom stereocenters. The summed E-state index contributed by atoms with van der Waals surface area (Å²) >= 11 is 5.17. The van der Waals surface area contributed by atoms with Gasteiger partial charge in [0.15, 0.2) is 0 Å². The molecule has 20 heavy (non-hydrogen) atoms. The highest BCUT2D eigenvalue weighted by Gasteiger charge is 2.12. The predicted octanol–water partition coefficient (Wildman–Crippen LogP) is 5.87. The second-order valence-electron chi connectivity index (χ2n) is 4.46. The van der Waals surface area contributed by atoms with Gasteiger partial charge in [0.25, 0.3) is 0 Å². The molecule has 0 aliphatic carbocycles. The van der Waals surface area contributed by atoms with Gasteiger partial charge in [0.2, 0.25) is 0 Å². The number of para-hydroxylation sites is 1. The van der Waals surface area contributed by atoms with Crippen molar-refractivity contribution in [2.24, 2.45) is 0 Å². The Hall–Kier alpha value is -1.00. The molecule has 0 radical (unpaired) electrons. The van der Waals surface area contributed by atoms with Crippen molar-refractivity contribution in [3.05, 3.63) is 58.3 Å². The fourth-order valence-electron chi connectivity index (χ4n) is 2.02. The zero-order chi connectivity index (χ0) is 14.5. The fraction of sp³-hybridized carbons (Fsp3) is 0.250. The number of anilines is 1. The molecule has 2 aromatic carbocycles. The summed E-state index contributed by atoms with van der Waals surface area (Å²) < 4.78 is 14.8. The van der Waals surface area contributed by atoms with E-state index in [0.29, 0.717) is 5.56 Å². The van der Waals surface area contributed by atoms with Crippen molar-refractivity contribution in [1.29, 1.82) is 0 Å². The molecular weight excluding hydrogens is 337 g/mol. The smallest absolute Gasteiger partial charge is 0.128 e. The molecule has 0 fully saturated rings. The molecule has 2 aromatic rings. The van der Waals surface area contributed by atoms with Gasteiger partial charge in [-0.15, -0.1) is 11.8 Å². The number of rotatable bonds is 5. The first kappa shape index (κ1) is 15.4. The van der Waals surface area contributed by atoms with Gasteiger partial charge in [-0.25, -0.2) is 4.39 Å². The van der Waals surface area contributed by atoms with Crippen molar-refractivity contribution in [3.63, 3.8) is 0 Å². The Bertz CT molecular complexity index is 588. The van der Waals surface area contributed by atoms with E-state index in [1.165, 1.54) is 11.0 Å². The SMILES string of the molecule is CCSc1ccccc1NC(C)c1cc(Br)ccc1F. The maximum Gasteiger partial charge on any atom is 0.128 e. The summed E-state index contributed by atoms with van der Waals surface area (Å²) in [5.41, 5.74) is 1.71. The molecule has 1 nitrogen and oxygen atoms in total. The van der Waals surface area contributed by atoms with Gasteiger partial charge in [0.05, 0.1) is 6.04 Å². The van der Waals surface area contributed by atoms with Crippen LogP contribution in [0.4, 0.5) is 10.1 Å². The largest absolute Gasteiger partial charge is 0.378 e. The minimum absolute atomic E-state index is 0.0916. The summed E-state index contributed by atoms with van der Waals surface area (Å²) in [6.45, 7) is 4.09. The van der Waals surface area contributed by atoms with Crippen LogP contribution >= 0.6 is 27.7 Å². The van der Waals surface area contributed by atoms with Crippen LogP contribution in [-0.2, 0) is 0 Å². The molecule has 0 amide bonds. The third-order valence-electron chi connectivity index (χ3n) is 2.98. The number of benzene rings is 2. The maximum absolute atomic E-state index is 13.9. The van der Waals surface area contributed by atoms with Crippen molar-refractivity contribution in [3.8, 4) is 0 Å². The molecule has 2 rings (SSSR count). The van der Waals surface area contributed by atoms with Crippen LogP contribution in [0.15, 0.2) is 51.8 Å². The molecule has 0 saturated carbocycles. The molecule has 0 aromatic heterocycles. The Morgan fingerprint density at radius 1 is 1.25 bits per heavy atom. The van der Waals surface area contributed by atoms with E-state index >= 15 is 0 Å². The van der Waals surface area contributed by atoms with Crippen molar-refractivity contribution >= 4 is 33.4 Å². The van der Waals surface area contributed by atoms with Crippen LogP contribution in [0.25, 0.3) is 0 Å². The number of hydrogen-bond donors (Lipinski definition) is 1. The van der Waals surface area contributed by atoms with Crippen LogP contribution < -0.4 is 5.32 Å². The molecule has 106 valence electrons. The van der Waals surface area contributed by atoms with E-state index in [0.717, 1.165) is 15.9 Å². The molecule has 0 aliphatic rings. The number of nitrogens with one attached hydrogen (secondary N) is 1. The van der Waals surface area contributed by atoms with Crippen LogP contribution in [0.3, 0.4) is 0 Å². The summed E-state index contributed by atoms with van der Waals surface area (Å²) in [5.74, 6) is 0.826. The topological polar surface area (TPSA) is 12.0 Å². The summed E-state index contributed by atoms with van der Waals surface area (Å²) in [5, 5.41) is 3.40. The third kappa shape index (κ3) is 3.76. The normalized spacial score (nSPS) is 12.2. The highest BCUT2D eigenvalue weighted by molar-refractivity contribution is 9.10. The van der Waals surface area contributed by atoms with E-state index < -0.39 is 0 Å². The minimum Gasteiger partial charge on any atom is -0.378 e. The molecule has 0 aliphatic heterocycles. The summed E-state index contributed by atoms with van der Waals surface area (Å²) in [6, 6.07) is 13.1. The predicted molar refractivity (Wildman–Crippen MR) is 89.0 cm³/mol. The Morgan fingerprint density at radius 3 is 2.75 bits per heavy atom. The average Bonchev–Trinajstić information content (AvgIpc) is 2.44. The first-order valence-electron chi connectivity index (χ1n) is 6.55. The van der Waals surface area contributed by atoms with Crippen LogP contribution in [0.2, 0.25) is 0 Å². The first-order chi connectivity index (χ1) is 9.61. The Balaban J connectivity index is 2.23. The van der Waals surface area contributed by atoms with Crippen molar-refractivity contribution in [2.45, 2.75) is 24.8 Å². The maximum atomic E-state index is 13.9. The molecule has 0 heterocycles. The molecule has 0 saturated heterocycles. The highest BCUT2D eigenvalue weighted by Crippen LogP contribution is 2.31. The lowest BCUT2D eigenvalue weighted by Crippen LogP contribution is -2.09. The molecule has 0 spiro atoms. The lowest BCUT2D eigenvalue weighted by Gasteiger charge is -2.19. The summed E-state index contributed by atoms with van der Waals surface area (Å²) in [6.07, 6.45) is 0. The van der Waals surface area contributed by atoms with Gasteiger partial charge in [-0.2, -0.15) is 0 Å². The third-order valence-corrected chi connectivity index (χ3v) is 4.43. The lowest BCUT2D eigenvalue weighted by molar-refractivity contribution is 0.599. The second kappa shape index (κ2) is 7.14. The Labute approximate surface area is 132 Å². The Morgan fingerprint density at radius 2 is 2.00 bits per heavy atom. The number of halogens is 2. The zero-order valence-corrected chi connectivity index (χ0v) is 13.9. The quantitative estimate of drug-likeness (QED) is 0.674. The number of hydrogen-bond acceptors (Lipinski definition) is 2. The molecule has 0 bridgehead atoms. The van der Waals surface area contributed by atoms with E-state index in [9.17, 15) is 4.39 Å². The van der Waals surface area contributed by atoms with Gasteiger partial charge in [-0.1, -0.05) is 35.0 Å². The van der Waals surface area contributed by atoms with Gasteiger partial charge in [0, 0.05) is 20.6 Å². The zero-order valence-electron chi connectivity index (χ0n) is 11.5. The minimum atomic E-state index is -0.186. The van der Waals surface area contributed by atoms with Crippen LogP contribution in [0, 0.1) is 5.82 Å². The van der Waals surface area contributed by atoms with Gasteiger partial charge < -0.3 is 5.32 Å². The van der Waals surface area contributed by atoms with E-state index in [-0.39, 0.29) is 11.9 Å². The van der Waals surface area contributed by atoms with Crippen LogP contribution in [-0.4, -0.2) is 5.75 Å².